The van der Waals surface area contributed by atoms with Crippen LogP contribution < -0.4 is 16.6 Å². The van der Waals surface area contributed by atoms with Crippen molar-refractivity contribution in [2.75, 3.05) is 0 Å². The van der Waals surface area contributed by atoms with Crippen molar-refractivity contribution in [3.05, 3.63) is 69.4 Å². The number of H-pyrrole nitrogens is 1. The molecule has 0 atom stereocenters. The Bertz CT molecular complexity index is 682. The molecule has 0 radical (unpaired) electrons. The largest absolute Gasteiger partial charge is 0.347 e. The minimum atomic E-state index is -0.468. The minimum absolute atomic E-state index is 0.0342. The number of hydrogen-bond acceptors (Lipinski definition) is 3. The molecule has 0 aliphatic rings. The lowest BCUT2D eigenvalue weighted by atomic mass is 10.1. The SMILES string of the molecule is NCc1ccc(CNC(=O)c2cccc(=O)[nH]2)c(F)c1. The van der Waals surface area contributed by atoms with Gasteiger partial charge in [0.15, 0.2) is 0 Å². The average Bonchev–Trinajstić information content (AvgIpc) is 2.45. The van der Waals surface area contributed by atoms with Gasteiger partial charge in [0.1, 0.15) is 11.5 Å². The van der Waals surface area contributed by atoms with E-state index in [1.165, 1.54) is 24.3 Å². The molecule has 1 aromatic heterocycles. The van der Waals surface area contributed by atoms with Crippen LogP contribution in [0.1, 0.15) is 21.6 Å². The Morgan fingerprint density at radius 1 is 1.30 bits per heavy atom. The van der Waals surface area contributed by atoms with E-state index in [2.05, 4.69) is 10.3 Å². The second-order valence-electron chi connectivity index (χ2n) is 4.24. The van der Waals surface area contributed by atoms with Gasteiger partial charge in [-0.1, -0.05) is 18.2 Å². The van der Waals surface area contributed by atoms with Gasteiger partial charge in [0.25, 0.3) is 5.91 Å². The van der Waals surface area contributed by atoms with Crippen molar-refractivity contribution < 1.29 is 9.18 Å². The van der Waals surface area contributed by atoms with Crippen molar-refractivity contribution >= 4 is 5.91 Å². The number of aromatic amines is 1. The minimum Gasteiger partial charge on any atom is -0.347 e. The molecule has 20 heavy (non-hydrogen) atoms. The predicted octanol–water partition coefficient (Wildman–Crippen LogP) is 0.903. The average molecular weight is 275 g/mol. The van der Waals surface area contributed by atoms with Gasteiger partial charge in [0.05, 0.1) is 0 Å². The number of benzene rings is 1. The molecule has 0 aliphatic carbocycles. The number of amides is 1. The Hall–Kier alpha value is -2.47. The highest BCUT2D eigenvalue weighted by molar-refractivity contribution is 5.92. The quantitative estimate of drug-likeness (QED) is 0.774. The van der Waals surface area contributed by atoms with E-state index in [4.69, 9.17) is 5.73 Å². The van der Waals surface area contributed by atoms with E-state index in [0.29, 0.717) is 11.1 Å². The Balaban J connectivity index is 2.05. The van der Waals surface area contributed by atoms with Gasteiger partial charge < -0.3 is 16.0 Å². The highest BCUT2D eigenvalue weighted by Crippen LogP contribution is 2.10. The zero-order valence-electron chi connectivity index (χ0n) is 10.7. The van der Waals surface area contributed by atoms with E-state index in [1.807, 2.05) is 0 Å². The first-order valence-corrected chi connectivity index (χ1v) is 6.05. The van der Waals surface area contributed by atoms with Crippen LogP contribution in [0.5, 0.6) is 0 Å². The van der Waals surface area contributed by atoms with E-state index in [-0.39, 0.29) is 24.3 Å². The van der Waals surface area contributed by atoms with Crippen molar-refractivity contribution in [1.29, 1.82) is 0 Å². The van der Waals surface area contributed by atoms with Crippen LogP contribution in [0, 0.1) is 5.82 Å². The van der Waals surface area contributed by atoms with E-state index >= 15 is 0 Å². The second-order valence-corrected chi connectivity index (χ2v) is 4.24. The molecular formula is C14H14FN3O2. The van der Waals surface area contributed by atoms with Gasteiger partial charge >= 0.3 is 0 Å². The third kappa shape index (κ3) is 3.30. The molecule has 1 heterocycles. The molecule has 0 aliphatic heterocycles. The van der Waals surface area contributed by atoms with Crippen LogP contribution in [0.3, 0.4) is 0 Å². The summed E-state index contributed by atoms with van der Waals surface area (Å²) in [7, 11) is 0. The molecule has 4 N–H and O–H groups in total. The highest BCUT2D eigenvalue weighted by atomic mass is 19.1. The normalized spacial score (nSPS) is 10.3. The molecule has 2 aromatic rings. The lowest BCUT2D eigenvalue weighted by Crippen LogP contribution is -2.26. The topological polar surface area (TPSA) is 88.0 Å². The number of nitrogens with one attached hydrogen (secondary N) is 2. The molecular weight excluding hydrogens is 261 g/mol. The van der Waals surface area contributed by atoms with Crippen LogP contribution in [-0.2, 0) is 13.1 Å². The molecule has 1 amide bonds. The predicted molar refractivity (Wildman–Crippen MR) is 72.5 cm³/mol. The molecule has 0 spiro atoms. The maximum atomic E-state index is 13.7. The summed E-state index contributed by atoms with van der Waals surface area (Å²) in [6.07, 6.45) is 0. The fourth-order valence-electron chi connectivity index (χ4n) is 1.71. The van der Waals surface area contributed by atoms with E-state index in [1.54, 1.807) is 12.1 Å². The summed E-state index contributed by atoms with van der Waals surface area (Å²) < 4.78 is 13.7. The number of hydrogen-bond donors (Lipinski definition) is 3. The third-order valence-corrected chi connectivity index (χ3v) is 2.81. The molecule has 0 saturated heterocycles. The number of nitrogens with two attached hydrogens (primary N) is 1. The Kier molecular flexibility index (Phi) is 4.27. The molecule has 5 nitrogen and oxygen atoms in total. The maximum Gasteiger partial charge on any atom is 0.268 e. The van der Waals surface area contributed by atoms with Gasteiger partial charge in [-0.2, -0.15) is 0 Å². The van der Waals surface area contributed by atoms with Gasteiger partial charge in [-0.15, -0.1) is 0 Å². The molecule has 0 bridgehead atoms. The zero-order chi connectivity index (χ0) is 14.5. The van der Waals surface area contributed by atoms with Crippen molar-refractivity contribution in [3.63, 3.8) is 0 Å². The third-order valence-electron chi connectivity index (χ3n) is 2.81. The molecule has 104 valence electrons. The van der Waals surface area contributed by atoms with E-state index < -0.39 is 11.7 Å². The molecule has 1 aromatic carbocycles. The van der Waals surface area contributed by atoms with E-state index in [0.717, 1.165) is 0 Å². The van der Waals surface area contributed by atoms with Crippen LogP contribution in [0.4, 0.5) is 4.39 Å². The maximum absolute atomic E-state index is 13.7. The first-order chi connectivity index (χ1) is 9.60. The molecule has 0 saturated carbocycles. The smallest absolute Gasteiger partial charge is 0.268 e. The lowest BCUT2D eigenvalue weighted by molar-refractivity contribution is 0.0945. The van der Waals surface area contributed by atoms with Gasteiger partial charge in [-0.3, -0.25) is 9.59 Å². The molecule has 0 fully saturated rings. The van der Waals surface area contributed by atoms with Crippen LogP contribution >= 0.6 is 0 Å². The van der Waals surface area contributed by atoms with Crippen molar-refractivity contribution in [3.8, 4) is 0 Å². The second kappa shape index (κ2) is 6.12. The summed E-state index contributed by atoms with van der Waals surface area (Å²) in [5.41, 5.74) is 6.22. The fourth-order valence-corrected chi connectivity index (χ4v) is 1.71. The van der Waals surface area contributed by atoms with Crippen LogP contribution in [0.25, 0.3) is 0 Å². The van der Waals surface area contributed by atoms with Crippen molar-refractivity contribution in [2.24, 2.45) is 5.73 Å². The molecule has 6 heteroatoms. The molecule has 2 rings (SSSR count). The number of carbonyl (C=O) groups excluding carboxylic acids is 1. The number of aromatic nitrogens is 1. The zero-order valence-corrected chi connectivity index (χ0v) is 10.7. The Morgan fingerprint density at radius 3 is 2.75 bits per heavy atom. The highest BCUT2D eigenvalue weighted by Gasteiger charge is 2.08. The summed E-state index contributed by atoms with van der Waals surface area (Å²) in [6.45, 7) is 0.293. The van der Waals surface area contributed by atoms with Gasteiger partial charge in [0, 0.05) is 24.7 Å². The summed E-state index contributed by atoms with van der Waals surface area (Å²) in [4.78, 5) is 25.3. The fraction of sp³-hybridized carbons (Fsp3) is 0.143. The first kappa shape index (κ1) is 14.0. The summed E-state index contributed by atoms with van der Waals surface area (Å²) in [6, 6.07) is 8.88. The standard InChI is InChI=1S/C14H14FN3O2/c15-11-6-9(7-16)4-5-10(11)8-17-14(20)12-2-1-3-13(19)18-12/h1-6H,7-8,16H2,(H,17,20)(H,18,19). The lowest BCUT2D eigenvalue weighted by Gasteiger charge is -2.07. The van der Waals surface area contributed by atoms with Crippen molar-refractivity contribution in [1.82, 2.24) is 10.3 Å². The van der Waals surface area contributed by atoms with Crippen molar-refractivity contribution in [2.45, 2.75) is 13.1 Å². The van der Waals surface area contributed by atoms with Crippen LogP contribution in [0.2, 0.25) is 0 Å². The van der Waals surface area contributed by atoms with Crippen LogP contribution in [0.15, 0.2) is 41.2 Å². The summed E-state index contributed by atoms with van der Waals surface area (Å²) in [5, 5.41) is 2.54. The van der Waals surface area contributed by atoms with E-state index in [9.17, 15) is 14.0 Å². The Morgan fingerprint density at radius 2 is 2.10 bits per heavy atom. The van der Waals surface area contributed by atoms with Gasteiger partial charge in [0.2, 0.25) is 5.56 Å². The number of pyridine rings is 1. The summed E-state index contributed by atoms with van der Waals surface area (Å²) in [5.74, 6) is -0.889. The van der Waals surface area contributed by atoms with Gasteiger partial charge in [-0.05, 0) is 17.7 Å². The molecule has 0 unspecified atom stereocenters. The van der Waals surface area contributed by atoms with Crippen LogP contribution in [-0.4, -0.2) is 10.9 Å². The number of rotatable bonds is 4. The Labute approximate surface area is 114 Å². The summed E-state index contributed by atoms with van der Waals surface area (Å²) >= 11 is 0. The first-order valence-electron chi connectivity index (χ1n) is 6.05. The van der Waals surface area contributed by atoms with Gasteiger partial charge in [-0.25, -0.2) is 4.39 Å². The number of halogens is 1. The number of carbonyl (C=O) groups is 1. The monoisotopic (exact) mass is 275 g/mol.